The molecule has 0 atom stereocenters. The summed E-state index contributed by atoms with van der Waals surface area (Å²) in [6, 6.07) is 12.3. The van der Waals surface area contributed by atoms with E-state index in [1.165, 1.54) is 29.3 Å². The Morgan fingerprint density at radius 3 is 2.70 bits per heavy atom. The van der Waals surface area contributed by atoms with Gasteiger partial charge in [-0.3, -0.25) is 4.90 Å². The molecule has 5 nitrogen and oxygen atoms in total. The van der Waals surface area contributed by atoms with Gasteiger partial charge in [0.15, 0.2) is 5.84 Å². The van der Waals surface area contributed by atoms with Gasteiger partial charge in [0.2, 0.25) is 0 Å². The zero-order valence-electron chi connectivity index (χ0n) is 14.7. The van der Waals surface area contributed by atoms with Gasteiger partial charge in [0.05, 0.1) is 10.7 Å². The van der Waals surface area contributed by atoms with Crippen molar-refractivity contribution in [3.8, 4) is 0 Å². The molecule has 7 heteroatoms. The summed E-state index contributed by atoms with van der Waals surface area (Å²) < 4.78 is 13.3. The van der Waals surface area contributed by atoms with Crippen LogP contribution in [-0.4, -0.2) is 34.7 Å². The first-order valence-corrected chi connectivity index (χ1v) is 8.84. The molecule has 2 aromatic rings. The van der Waals surface area contributed by atoms with Gasteiger partial charge in [-0.1, -0.05) is 47.6 Å². The van der Waals surface area contributed by atoms with Gasteiger partial charge in [-0.15, -0.1) is 0 Å². The summed E-state index contributed by atoms with van der Waals surface area (Å²) in [5.41, 5.74) is 9.62. The van der Waals surface area contributed by atoms with Gasteiger partial charge in [0.1, 0.15) is 11.5 Å². The summed E-state index contributed by atoms with van der Waals surface area (Å²) in [6.45, 7) is 6.15. The van der Waals surface area contributed by atoms with Crippen LogP contribution in [0.2, 0.25) is 5.02 Å². The summed E-state index contributed by atoms with van der Waals surface area (Å²) in [7, 11) is 0. The summed E-state index contributed by atoms with van der Waals surface area (Å²) in [6.07, 6.45) is 0.951. The van der Waals surface area contributed by atoms with E-state index in [9.17, 15) is 9.60 Å². The van der Waals surface area contributed by atoms with Crippen LogP contribution < -0.4 is 5.73 Å². The van der Waals surface area contributed by atoms with Crippen molar-refractivity contribution in [3.05, 3.63) is 76.6 Å². The first-order chi connectivity index (χ1) is 13.0. The van der Waals surface area contributed by atoms with E-state index in [1.54, 1.807) is 0 Å². The van der Waals surface area contributed by atoms with Crippen molar-refractivity contribution >= 4 is 28.8 Å². The molecule has 1 aliphatic heterocycles. The SMILES string of the molecule is C=C(CN1CCc2ccccc2C1)/C(=N\O)C(N)=Nc1ccc(F)c(Cl)c1. The number of aliphatic imine (C=N–C) groups is 1. The lowest BCUT2D eigenvalue weighted by molar-refractivity contribution is 0.277. The number of oxime groups is 1. The normalized spacial score (nSPS) is 15.5. The molecule has 0 aromatic heterocycles. The molecule has 27 heavy (non-hydrogen) atoms. The Hall–Kier alpha value is -2.70. The Bertz CT molecular complexity index is 926. The zero-order chi connectivity index (χ0) is 19.4. The van der Waals surface area contributed by atoms with E-state index in [4.69, 9.17) is 17.3 Å². The van der Waals surface area contributed by atoms with Gasteiger partial charge in [0.25, 0.3) is 0 Å². The summed E-state index contributed by atoms with van der Waals surface area (Å²) in [4.78, 5) is 6.36. The van der Waals surface area contributed by atoms with Crippen LogP contribution in [0.4, 0.5) is 10.1 Å². The molecular weight excluding hydrogens is 367 g/mol. The fourth-order valence-corrected chi connectivity index (χ4v) is 3.26. The van der Waals surface area contributed by atoms with Crippen molar-refractivity contribution in [1.29, 1.82) is 0 Å². The molecule has 0 aliphatic carbocycles. The molecular formula is C20H20ClFN4O. The quantitative estimate of drug-likeness (QED) is 0.354. The van der Waals surface area contributed by atoms with Crippen LogP contribution in [-0.2, 0) is 13.0 Å². The number of hydrogen-bond acceptors (Lipinski definition) is 4. The molecule has 0 spiro atoms. The van der Waals surface area contributed by atoms with Gasteiger partial charge < -0.3 is 10.9 Å². The third-order valence-corrected chi connectivity index (χ3v) is 4.74. The molecule has 0 radical (unpaired) electrons. The standard InChI is InChI=1S/C20H20ClFN4O/c1-13(11-26-9-8-14-4-2-3-5-15(14)12-26)19(25-27)20(23)24-16-6-7-18(22)17(21)10-16/h2-7,10,27H,1,8-9,11-12H2,(H2,23,24)/b25-19+. The molecule has 0 amide bonds. The lowest BCUT2D eigenvalue weighted by Gasteiger charge is -2.29. The summed E-state index contributed by atoms with van der Waals surface area (Å²) in [5, 5.41) is 12.6. The largest absolute Gasteiger partial charge is 0.410 e. The van der Waals surface area contributed by atoms with E-state index in [0.717, 1.165) is 19.5 Å². The lowest BCUT2D eigenvalue weighted by atomic mass is 9.99. The van der Waals surface area contributed by atoms with Crippen LogP contribution in [0, 0.1) is 5.82 Å². The maximum atomic E-state index is 13.3. The second kappa shape index (κ2) is 8.33. The third-order valence-electron chi connectivity index (χ3n) is 4.45. The first kappa shape index (κ1) is 19.1. The fourth-order valence-electron chi connectivity index (χ4n) is 3.08. The zero-order valence-corrected chi connectivity index (χ0v) is 15.5. The molecule has 0 saturated carbocycles. The molecule has 0 saturated heterocycles. The van der Waals surface area contributed by atoms with Crippen molar-refractivity contribution in [2.45, 2.75) is 13.0 Å². The predicted octanol–water partition coefficient (Wildman–Crippen LogP) is 3.91. The van der Waals surface area contributed by atoms with Crippen LogP contribution >= 0.6 is 11.6 Å². The van der Waals surface area contributed by atoms with Gasteiger partial charge in [0, 0.05) is 19.6 Å². The highest BCUT2D eigenvalue weighted by Crippen LogP contribution is 2.22. The number of benzene rings is 2. The second-order valence-corrected chi connectivity index (χ2v) is 6.78. The van der Waals surface area contributed by atoms with Crippen LogP contribution in [0.1, 0.15) is 11.1 Å². The van der Waals surface area contributed by atoms with Crippen molar-refractivity contribution in [3.63, 3.8) is 0 Å². The number of amidine groups is 1. The Morgan fingerprint density at radius 2 is 2.00 bits per heavy atom. The summed E-state index contributed by atoms with van der Waals surface area (Å²) >= 11 is 5.75. The molecule has 2 aromatic carbocycles. The van der Waals surface area contributed by atoms with E-state index in [2.05, 4.69) is 33.8 Å². The molecule has 140 valence electrons. The number of hydrogen-bond donors (Lipinski definition) is 2. The van der Waals surface area contributed by atoms with E-state index < -0.39 is 5.82 Å². The summed E-state index contributed by atoms with van der Waals surface area (Å²) in [5.74, 6) is -0.553. The highest BCUT2D eigenvalue weighted by molar-refractivity contribution is 6.47. The highest BCUT2D eigenvalue weighted by atomic mass is 35.5. The predicted molar refractivity (Wildman–Crippen MR) is 106 cm³/mol. The van der Waals surface area contributed by atoms with Crippen molar-refractivity contribution in [2.75, 3.05) is 13.1 Å². The molecule has 0 bridgehead atoms. The van der Waals surface area contributed by atoms with Crippen molar-refractivity contribution in [2.24, 2.45) is 15.9 Å². The van der Waals surface area contributed by atoms with Crippen LogP contribution in [0.25, 0.3) is 0 Å². The van der Waals surface area contributed by atoms with Crippen LogP contribution in [0.3, 0.4) is 0 Å². The Balaban J connectivity index is 1.71. The minimum absolute atomic E-state index is 0.0115. The van der Waals surface area contributed by atoms with E-state index in [0.29, 0.717) is 17.8 Å². The van der Waals surface area contributed by atoms with E-state index in [1.807, 2.05) is 12.1 Å². The maximum Gasteiger partial charge on any atom is 0.153 e. The smallest absolute Gasteiger partial charge is 0.153 e. The molecule has 1 aliphatic rings. The van der Waals surface area contributed by atoms with Crippen molar-refractivity contribution in [1.82, 2.24) is 4.90 Å². The number of nitrogens with two attached hydrogens (primary N) is 1. The van der Waals surface area contributed by atoms with Crippen LogP contribution in [0.5, 0.6) is 0 Å². The maximum absolute atomic E-state index is 13.3. The van der Waals surface area contributed by atoms with Gasteiger partial charge in [-0.2, -0.15) is 0 Å². The fraction of sp³-hybridized carbons (Fsp3) is 0.200. The average molecular weight is 387 g/mol. The number of halogens is 2. The minimum Gasteiger partial charge on any atom is -0.410 e. The van der Waals surface area contributed by atoms with E-state index in [-0.39, 0.29) is 16.6 Å². The first-order valence-electron chi connectivity index (χ1n) is 8.47. The minimum atomic E-state index is -0.542. The Morgan fingerprint density at radius 1 is 1.26 bits per heavy atom. The monoisotopic (exact) mass is 386 g/mol. The molecule has 1 heterocycles. The van der Waals surface area contributed by atoms with Gasteiger partial charge in [-0.05, 0) is 41.3 Å². The van der Waals surface area contributed by atoms with Crippen molar-refractivity contribution < 1.29 is 9.60 Å². The average Bonchev–Trinajstić information content (AvgIpc) is 2.65. The Kier molecular flexibility index (Phi) is 5.88. The van der Waals surface area contributed by atoms with E-state index >= 15 is 0 Å². The van der Waals surface area contributed by atoms with Crippen LogP contribution in [0.15, 0.2) is 64.8 Å². The number of rotatable bonds is 5. The molecule has 3 rings (SSSR count). The number of nitrogens with zero attached hydrogens (tertiary/aromatic N) is 3. The number of fused-ring (bicyclic) bond motifs is 1. The topological polar surface area (TPSA) is 74.2 Å². The highest BCUT2D eigenvalue weighted by Gasteiger charge is 2.19. The Labute approximate surface area is 162 Å². The third kappa shape index (κ3) is 4.53. The van der Waals surface area contributed by atoms with Gasteiger partial charge >= 0.3 is 0 Å². The molecule has 3 N–H and O–H groups in total. The lowest BCUT2D eigenvalue weighted by Crippen LogP contribution is -2.36. The molecule has 0 fully saturated rings. The molecule has 0 unspecified atom stereocenters. The second-order valence-electron chi connectivity index (χ2n) is 6.38. The van der Waals surface area contributed by atoms with Gasteiger partial charge in [-0.25, -0.2) is 9.38 Å².